The molecule has 2 rings (SSSR count). The number of pyridine rings is 1. The van der Waals surface area contributed by atoms with Crippen LogP contribution in [0.2, 0.25) is 0 Å². The van der Waals surface area contributed by atoms with Crippen molar-refractivity contribution >= 4 is 27.9 Å². The molecule has 0 saturated heterocycles. The molecule has 1 atom stereocenters. The van der Waals surface area contributed by atoms with Crippen LogP contribution in [-0.4, -0.2) is 49.4 Å². The van der Waals surface area contributed by atoms with E-state index in [9.17, 15) is 18.0 Å². The quantitative estimate of drug-likeness (QED) is 0.212. The molecular formula is C23H31N5O5S. The van der Waals surface area contributed by atoms with Crippen LogP contribution >= 0.6 is 0 Å². The average molecular weight is 490 g/mol. The number of ketones is 1. The predicted molar refractivity (Wildman–Crippen MR) is 129 cm³/mol. The van der Waals surface area contributed by atoms with E-state index in [4.69, 9.17) is 10.5 Å². The summed E-state index contributed by atoms with van der Waals surface area (Å²) in [6.07, 6.45) is 1.32. The molecule has 0 spiro atoms. The zero-order valence-electron chi connectivity index (χ0n) is 19.7. The lowest BCUT2D eigenvalue weighted by Crippen LogP contribution is -2.43. The van der Waals surface area contributed by atoms with Gasteiger partial charge in [0.2, 0.25) is 11.7 Å². The molecule has 4 N–H and O–H groups in total. The number of ether oxygens (including phenoxy) is 1. The summed E-state index contributed by atoms with van der Waals surface area (Å²) >= 11 is 0. The van der Waals surface area contributed by atoms with Crippen LogP contribution in [0.25, 0.3) is 0 Å². The number of carbonyl (C=O) groups is 2. The molecule has 34 heavy (non-hydrogen) atoms. The molecular weight excluding hydrogens is 458 g/mol. The first-order chi connectivity index (χ1) is 15.9. The number of hydrogen-bond donors (Lipinski definition) is 3. The summed E-state index contributed by atoms with van der Waals surface area (Å²) < 4.78 is 32.3. The van der Waals surface area contributed by atoms with Crippen molar-refractivity contribution in [3.05, 3.63) is 59.9 Å². The number of nitrogens with one attached hydrogen (secondary N) is 2. The van der Waals surface area contributed by atoms with E-state index in [0.29, 0.717) is 6.42 Å². The standard InChI is InChI=1S/C23H31N5O5S/c1-16-10-12-17(13-11-16)34(31,32)28-21(24)26-15-7-9-19(27-22(30)33-23(2,3)4)20(29)18-8-5-6-14-25-18/h5-6,8,10-14,19H,7,9,15H2,1-4H3,(H,27,30)(H3,24,26,28)/t19-/m0/s1. The Labute approximate surface area is 200 Å². The number of rotatable bonds is 9. The van der Waals surface area contributed by atoms with E-state index < -0.39 is 27.8 Å². The van der Waals surface area contributed by atoms with Crippen LogP contribution < -0.4 is 15.8 Å². The molecule has 1 amide bonds. The van der Waals surface area contributed by atoms with Crippen LogP contribution in [0, 0.1) is 6.92 Å². The lowest BCUT2D eigenvalue weighted by molar-refractivity contribution is 0.0488. The number of nitrogens with two attached hydrogens (primary N) is 1. The highest BCUT2D eigenvalue weighted by atomic mass is 32.2. The van der Waals surface area contributed by atoms with Crippen LogP contribution in [-0.2, 0) is 14.8 Å². The number of benzene rings is 1. The molecule has 0 saturated carbocycles. The molecule has 0 radical (unpaired) electrons. The van der Waals surface area contributed by atoms with E-state index in [1.54, 1.807) is 51.1 Å². The first-order valence-electron chi connectivity index (χ1n) is 10.7. The number of alkyl carbamates (subject to hydrolysis) is 1. The van der Waals surface area contributed by atoms with E-state index in [1.807, 2.05) is 6.92 Å². The number of aromatic nitrogens is 1. The number of carbonyl (C=O) groups excluding carboxylic acids is 2. The molecule has 1 aromatic carbocycles. The summed E-state index contributed by atoms with van der Waals surface area (Å²) in [6.45, 7) is 7.14. The minimum atomic E-state index is -3.85. The number of aliphatic imine (C=N–C) groups is 1. The van der Waals surface area contributed by atoms with Gasteiger partial charge in [-0.3, -0.25) is 14.8 Å². The van der Waals surface area contributed by atoms with Crippen molar-refractivity contribution in [2.45, 2.75) is 57.1 Å². The molecule has 0 aliphatic carbocycles. The first kappa shape index (κ1) is 26.8. The van der Waals surface area contributed by atoms with Crippen LogP contribution in [0.3, 0.4) is 0 Å². The van der Waals surface area contributed by atoms with Gasteiger partial charge in [-0.05, 0) is 64.8 Å². The molecule has 10 nitrogen and oxygen atoms in total. The maximum Gasteiger partial charge on any atom is 0.408 e. The van der Waals surface area contributed by atoms with Crippen LogP contribution in [0.15, 0.2) is 58.5 Å². The number of nitrogens with zero attached hydrogens (tertiary/aromatic N) is 2. The number of amides is 1. The van der Waals surface area contributed by atoms with Gasteiger partial charge in [0.15, 0.2) is 0 Å². The Balaban J connectivity index is 2.00. The fourth-order valence-corrected chi connectivity index (χ4v) is 3.80. The Morgan fingerprint density at radius 1 is 1.15 bits per heavy atom. The van der Waals surface area contributed by atoms with Gasteiger partial charge in [0.05, 0.1) is 10.9 Å². The van der Waals surface area contributed by atoms with E-state index in [1.165, 1.54) is 18.3 Å². The van der Waals surface area contributed by atoms with Crippen molar-refractivity contribution in [3.8, 4) is 0 Å². The second-order valence-electron chi connectivity index (χ2n) is 8.61. The second kappa shape index (κ2) is 11.6. The topological polar surface area (TPSA) is 153 Å². The summed E-state index contributed by atoms with van der Waals surface area (Å²) in [6, 6.07) is 10.3. The summed E-state index contributed by atoms with van der Waals surface area (Å²) in [5.41, 5.74) is 6.14. The highest BCUT2D eigenvalue weighted by Gasteiger charge is 2.25. The molecule has 0 bridgehead atoms. The number of guanidine groups is 1. The van der Waals surface area contributed by atoms with E-state index >= 15 is 0 Å². The minimum absolute atomic E-state index is 0.0684. The SMILES string of the molecule is Cc1ccc(S(=O)(=O)NC(N)=NCCC[C@H](NC(=O)OC(C)(C)C)C(=O)c2ccccn2)cc1. The number of hydrogen-bond acceptors (Lipinski definition) is 7. The van der Waals surface area contributed by atoms with Gasteiger partial charge >= 0.3 is 6.09 Å². The van der Waals surface area contributed by atoms with E-state index in [-0.39, 0.29) is 35.3 Å². The summed E-state index contributed by atoms with van der Waals surface area (Å²) in [5, 5.41) is 2.58. The van der Waals surface area contributed by atoms with Gasteiger partial charge in [-0.2, -0.15) is 0 Å². The summed E-state index contributed by atoms with van der Waals surface area (Å²) in [4.78, 5) is 33.2. The molecule has 0 aliphatic heterocycles. The highest BCUT2D eigenvalue weighted by molar-refractivity contribution is 7.90. The predicted octanol–water partition coefficient (Wildman–Crippen LogP) is 2.54. The number of sulfonamides is 1. The van der Waals surface area contributed by atoms with Gasteiger partial charge in [0.1, 0.15) is 11.3 Å². The minimum Gasteiger partial charge on any atom is -0.444 e. The Hall–Kier alpha value is -3.47. The molecule has 1 heterocycles. The largest absolute Gasteiger partial charge is 0.444 e. The van der Waals surface area contributed by atoms with Crippen molar-refractivity contribution in [3.63, 3.8) is 0 Å². The Morgan fingerprint density at radius 3 is 2.41 bits per heavy atom. The van der Waals surface area contributed by atoms with Crippen LogP contribution in [0.4, 0.5) is 4.79 Å². The zero-order valence-corrected chi connectivity index (χ0v) is 20.6. The van der Waals surface area contributed by atoms with E-state index in [2.05, 4.69) is 20.0 Å². The monoisotopic (exact) mass is 489 g/mol. The third-order valence-corrected chi connectivity index (χ3v) is 5.80. The van der Waals surface area contributed by atoms with Gasteiger partial charge in [-0.15, -0.1) is 0 Å². The van der Waals surface area contributed by atoms with Gasteiger partial charge in [-0.1, -0.05) is 23.8 Å². The van der Waals surface area contributed by atoms with Crippen molar-refractivity contribution in [2.24, 2.45) is 10.7 Å². The zero-order chi connectivity index (χ0) is 25.4. The van der Waals surface area contributed by atoms with Crippen molar-refractivity contribution < 1.29 is 22.7 Å². The Kier molecular flexibility index (Phi) is 9.13. The third-order valence-electron chi connectivity index (χ3n) is 4.43. The summed E-state index contributed by atoms with van der Waals surface area (Å²) in [5.74, 6) is -0.642. The second-order valence-corrected chi connectivity index (χ2v) is 10.3. The fourth-order valence-electron chi connectivity index (χ4n) is 2.85. The van der Waals surface area contributed by atoms with Crippen molar-refractivity contribution in [2.75, 3.05) is 6.54 Å². The third kappa shape index (κ3) is 8.81. The number of Topliss-reactive ketones (excluding diaryl/α,β-unsaturated/α-hetero) is 1. The van der Waals surface area contributed by atoms with Gasteiger partial charge < -0.3 is 15.8 Å². The van der Waals surface area contributed by atoms with Crippen molar-refractivity contribution in [1.29, 1.82) is 0 Å². The molecule has 0 fully saturated rings. The molecule has 11 heteroatoms. The van der Waals surface area contributed by atoms with Gasteiger partial charge in [0.25, 0.3) is 10.0 Å². The maximum atomic E-state index is 12.9. The molecule has 0 unspecified atom stereocenters. The lowest BCUT2D eigenvalue weighted by Gasteiger charge is -2.23. The normalized spacial score (nSPS) is 13.1. The molecule has 0 aliphatic rings. The number of aryl methyl sites for hydroxylation is 1. The molecule has 1 aromatic heterocycles. The Bertz CT molecular complexity index is 1110. The first-order valence-corrected chi connectivity index (χ1v) is 12.2. The summed E-state index contributed by atoms with van der Waals surface area (Å²) in [7, 11) is -3.85. The Morgan fingerprint density at radius 2 is 1.82 bits per heavy atom. The molecule has 2 aromatic rings. The average Bonchev–Trinajstić information content (AvgIpc) is 2.74. The fraction of sp³-hybridized carbons (Fsp3) is 0.391. The van der Waals surface area contributed by atoms with E-state index in [0.717, 1.165) is 5.56 Å². The highest BCUT2D eigenvalue weighted by Crippen LogP contribution is 2.11. The smallest absolute Gasteiger partial charge is 0.408 e. The van der Waals surface area contributed by atoms with Crippen molar-refractivity contribution in [1.82, 2.24) is 15.0 Å². The molecule has 184 valence electrons. The van der Waals surface area contributed by atoms with Gasteiger partial charge in [0, 0.05) is 12.7 Å². The van der Waals surface area contributed by atoms with Gasteiger partial charge in [-0.25, -0.2) is 17.9 Å². The van der Waals surface area contributed by atoms with Crippen LogP contribution in [0.5, 0.6) is 0 Å². The lowest BCUT2D eigenvalue weighted by atomic mass is 10.0. The maximum absolute atomic E-state index is 12.9. The van der Waals surface area contributed by atoms with Crippen LogP contribution in [0.1, 0.15) is 49.7 Å².